The molecule has 0 spiro atoms. The largest absolute Gasteiger partial charge is 0.507 e. The molecule has 0 unspecified atom stereocenters. The summed E-state index contributed by atoms with van der Waals surface area (Å²) in [5.74, 6) is 0.234. The maximum absolute atomic E-state index is 10.7. The number of hydrogen-bond acceptors (Lipinski definition) is 2. The first-order valence-corrected chi connectivity index (χ1v) is 9.74. The Morgan fingerprint density at radius 2 is 0.857 bits per heavy atom. The highest BCUT2D eigenvalue weighted by atomic mass is 16.3. The Hall–Kier alpha value is -2.74. The lowest BCUT2D eigenvalue weighted by atomic mass is 9.72. The fourth-order valence-corrected chi connectivity index (χ4v) is 3.83. The first kappa shape index (κ1) is 20.0. The third kappa shape index (κ3) is 3.52. The Kier molecular flexibility index (Phi) is 5.01. The summed E-state index contributed by atoms with van der Waals surface area (Å²) in [7, 11) is 0. The fourth-order valence-electron chi connectivity index (χ4n) is 3.83. The van der Waals surface area contributed by atoms with Crippen LogP contribution in [0.1, 0.15) is 61.1 Å². The zero-order valence-corrected chi connectivity index (χ0v) is 17.7. The van der Waals surface area contributed by atoms with Gasteiger partial charge >= 0.3 is 0 Å². The van der Waals surface area contributed by atoms with Crippen molar-refractivity contribution in [2.24, 2.45) is 0 Å². The van der Waals surface area contributed by atoms with Crippen molar-refractivity contribution in [1.82, 2.24) is 0 Å². The van der Waals surface area contributed by atoms with Gasteiger partial charge in [0.25, 0.3) is 0 Å². The van der Waals surface area contributed by atoms with Crippen LogP contribution in [0.3, 0.4) is 0 Å². The summed E-state index contributed by atoms with van der Waals surface area (Å²) in [6, 6.07) is 20.2. The molecule has 0 heterocycles. The van der Waals surface area contributed by atoms with Crippen LogP contribution in [0.25, 0.3) is 0 Å². The summed E-state index contributed by atoms with van der Waals surface area (Å²) in [6.07, 6.45) is 0. The SMILES string of the molecule is Cc1ccc(C(C)(C)c2cc(C(C)(C)c3ccc(C)cc3)c(O)cc2O)cc1. The van der Waals surface area contributed by atoms with Crippen molar-refractivity contribution in [2.75, 3.05) is 0 Å². The summed E-state index contributed by atoms with van der Waals surface area (Å²) in [5.41, 5.74) is 5.48. The summed E-state index contributed by atoms with van der Waals surface area (Å²) in [5, 5.41) is 21.4. The molecule has 2 heteroatoms. The molecule has 0 saturated carbocycles. The van der Waals surface area contributed by atoms with Gasteiger partial charge in [-0.05, 0) is 31.0 Å². The van der Waals surface area contributed by atoms with Crippen LogP contribution in [0.15, 0.2) is 60.7 Å². The van der Waals surface area contributed by atoms with Crippen molar-refractivity contribution in [3.8, 4) is 11.5 Å². The monoisotopic (exact) mass is 374 g/mol. The third-order valence-corrected chi connectivity index (χ3v) is 6.01. The highest BCUT2D eigenvalue weighted by Gasteiger charge is 2.32. The van der Waals surface area contributed by atoms with Crippen LogP contribution in [0.5, 0.6) is 11.5 Å². The van der Waals surface area contributed by atoms with Crippen molar-refractivity contribution >= 4 is 0 Å². The molecule has 0 fully saturated rings. The van der Waals surface area contributed by atoms with E-state index >= 15 is 0 Å². The quantitative estimate of drug-likeness (QED) is 0.557. The zero-order chi connectivity index (χ0) is 20.7. The molecule has 0 aromatic heterocycles. The Morgan fingerprint density at radius 1 is 0.536 bits per heavy atom. The second-order valence-corrected chi connectivity index (χ2v) is 8.87. The second-order valence-electron chi connectivity index (χ2n) is 8.87. The minimum atomic E-state index is -0.399. The van der Waals surface area contributed by atoms with E-state index in [0.717, 1.165) is 22.3 Å². The molecule has 2 N–H and O–H groups in total. The van der Waals surface area contributed by atoms with E-state index in [1.807, 2.05) is 6.07 Å². The number of aryl methyl sites for hydroxylation is 2. The van der Waals surface area contributed by atoms with Crippen molar-refractivity contribution in [3.05, 3.63) is 94.0 Å². The van der Waals surface area contributed by atoms with Crippen LogP contribution in [-0.2, 0) is 10.8 Å². The van der Waals surface area contributed by atoms with E-state index in [0.29, 0.717) is 0 Å². The number of phenolic OH excluding ortho intramolecular Hbond substituents is 2. The van der Waals surface area contributed by atoms with E-state index in [-0.39, 0.29) is 11.5 Å². The summed E-state index contributed by atoms with van der Waals surface area (Å²) < 4.78 is 0. The molecule has 3 aromatic rings. The Balaban J connectivity index is 2.15. The van der Waals surface area contributed by atoms with Crippen LogP contribution >= 0.6 is 0 Å². The molecule has 28 heavy (non-hydrogen) atoms. The fraction of sp³-hybridized carbons (Fsp3) is 0.308. The average molecular weight is 375 g/mol. The molecule has 0 bridgehead atoms. The van der Waals surface area contributed by atoms with E-state index < -0.39 is 10.8 Å². The molecular weight excluding hydrogens is 344 g/mol. The van der Waals surface area contributed by atoms with E-state index in [1.165, 1.54) is 17.2 Å². The minimum absolute atomic E-state index is 0.117. The summed E-state index contributed by atoms with van der Waals surface area (Å²) in [6.45, 7) is 12.5. The molecule has 3 aromatic carbocycles. The molecule has 0 radical (unpaired) electrons. The first-order valence-electron chi connectivity index (χ1n) is 9.74. The molecule has 0 aliphatic carbocycles. The van der Waals surface area contributed by atoms with Gasteiger partial charge in [0.1, 0.15) is 11.5 Å². The van der Waals surface area contributed by atoms with E-state index in [2.05, 4.69) is 90.1 Å². The van der Waals surface area contributed by atoms with Crippen LogP contribution in [-0.4, -0.2) is 10.2 Å². The third-order valence-electron chi connectivity index (χ3n) is 6.01. The Bertz CT molecular complexity index is 899. The van der Waals surface area contributed by atoms with Gasteiger partial charge in [-0.2, -0.15) is 0 Å². The Morgan fingerprint density at radius 3 is 1.18 bits per heavy atom. The van der Waals surface area contributed by atoms with Crippen molar-refractivity contribution in [3.63, 3.8) is 0 Å². The van der Waals surface area contributed by atoms with Gasteiger partial charge in [0.15, 0.2) is 0 Å². The van der Waals surface area contributed by atoms with Gasteiger partial charge in [-0.1, -0.05) is 87.4 Å². The second kappa shape index (κ2) is 7.01. The smallest absolute Gasteiger partial charge is 0.123 e. The number of phenols is 2. The summed E-state index contributed by atoms with van der Waals surface area (Å²) in [4.78, 5) is 0. The molecule has 2 nitrogen and oxygen atoms in total. The lowest BCUT2D eigenvalue weighted by Gasteiger charge is -2.32. The standard InChI is InChI=1S/C26H30O2/c1-17-7-11-19(12-8-17)25(3,4)21-15-22(24(28)16-23(21)27)26(5,6)20-13-9-18(2)10-14-20/h7-16,27-28H,1-6H3. The van der Waals surface area contributed by atoms with E-state index in [4.69, 9.17) is 0 Å². The number of aromatic hydroxyl groups is 2. The molecule has 0 aliphatic heterocycles. The molecule has 0 aliphatic rings. The lowest BCUT2D eigenvalue weighted by Crippen LogP contribution is -2.23. The minimum Gasteiger partial charge on any atom is -0.507 e. The molecular formula is C26H30O2. The lowest BCUT2D eigenvalue weighted by molar-refractivity contribution is 0.424. The Labute approximate surface area is 168 Å². The zero-order valence-electron chi connectivity index (χ0n) is 17.7. The molecule has 0 amide bonds. The molecule has 146 valence electrons. The highest BCUT2D eigenvalue weighted by Crippen LogP contribution is 2.44. The number of hydrogen-bond donors (Lipinski definition) is 2. The maximum Gasteiger partial charge on any atom is 0.123 e. The predicted molar refractivity (Wildman–Crippen MR) is 116 cm³/mol. The molecule has 3 rings (SSSR count). The van der Waals surface area contributed by atoms with Gasteiger partial charge < -0.3 is 10.2 Å². The van der Waals surface area contributed by atoms with Crippen LogP contribution in [0, 0.1) is 13.8 Å². The van der Waals surface area contributed by atoms with E-state index in [1.54, 1.807) is 0 Å². The van der Waals surface area contributed by atoms with Crippen LogP contribution in [0.2, 0.25) is 0 Å². The number of benzene rings is 3. The van der Waals surface area contributed by atoms with Crippen LogP contribution < -0.4 is 0 Å². The maximum atomic E-state index is 10.7. The highest BCUT2D eigenvalue weighted by molar-refractivity contribution is 5.56. The van der Waals surface area contributed by atoms with Gasteiger partial charge in [0, 0.05) is 28.0 Å². The van der Waals surface area contributed by atoms with Gasteiger partial charge in [-0.15, -0.1) is 0 Å². The van der Waals surface area contributed by atoms with Gasteiger partial charge in [0.05, 0.1) is 0 Å². The topological polar surface area (TPSA) is 40.5 Å². The summed E-state index contributed by atoms with van der Waals surface area (Å²) >= 11 is 0. The van der Waals surface area contributed by atoms with Crippen molar-refractivity contribution in [2.45, 2.75) is 52.4 Å². The van der Waals surface area contributed by atoms with Crippen molar-refractivity contribution in [1.29, 1.82) is 0 Å². The predicted octanol–water partition coefficient (Wildman–Crippen LogP) is 6.37. The number of rotatable bonds is 4. The molecule has 0 atom stereocenters. The van der Waals surface area contributed by atoms with E-state index in [9.17, 15) is 10.2 Å². The van der Waals surface area contributed by atoms with Gasteiger partial charge in [0.2, 0.25) is 0 Å². The molecule has 0 saturated heterocycles. The first-order chi connectivity index (χ1) is 13.0. The van der Waals surface area contributed by atoms with Gasteiger partial charge in [-0.3, -0.25) is 0 Å². The van der Waals surface area contributed by atoms with Gasteiger partial charge in [-0.25, -0.2) is 0 Å². The normalized spacial score (nSPS) is 12.2. The van der Waals surface area contributed by atoms with Crippen molar-refractivity contribution < 1.29 is 10.2 Å². The average Bonchev–Trinajstić information content (AvgIpc) is 2.62. The van der Waals surface area contributed by atoms with Crippen LogP contribution in [0.4, 0.5) is 0 Å².